The van der Waals surface area contributed by atoms with Crippen molar-refractivity contribution in [3.8, 4) is 5.75 Å². The number of carboxylic acids is 1. The standard InChI is InChI=1S/C12H11BN6O5/c14-8(10-16-18-19-17-10)11(20)15-7-4-5-2-1-3-6(12(21)22)9(5)24-13(7)23/h1-3,7,14,23H,4H2,(H,15,20)(H,21,22)(H,16,17,18,19)/t7-/m0/s1. The Morgan fingerprint density at radius 1 is 1.46 bits per heavy atom. The zero-order valence-corrected chi connectivity index (χ0v) is 12.1. The fourth-order valence-corrected chi connectivity index (χ4v) is 2.33. The van der Waals surface area contributed by atoms with Crippen molar-refractivity contribution < 1.29 is 24.4 Å². The van der Waals surface area contributed by atoms with Crippen molar-refractivity contribution in [3.05, 3.63) is 35.2 Å². The van der Waals surface area contributed by atoms with E-state index in [1.54, 1.807) is 12.1 Å². The molecule has 0 aliphatic carbocycles. The minimum Gasteiger partial charge on any atom is -0.534 e. The molecule has 11 nitrogen and oxygen atoms in total. The lowest BCUT2D eigenvalue weighted by Crippen LogP contribution is -2.54. The molecule has 0 unspecified atom stereocenters. The summed E-state index contributed by atoms with van der Waals surface area (Å²) in [5.74, 6) is -2.98. The number of rotatable bonds is 4. The number of hydrogen-bond donors (Lipinski definition) is 5. The normalized spacial score (nSPS) is 16.0. The van der Waals surface area contributed by atoms with Crippen molar-refractivity contribution in [3.63, 3.8) is 0 Å². The third-order valence-corrected chi connectivity index (χ3v) is 3.46. The Kier molecular flexibility index (Phi) is 3.96. The molecule has 0 bridgehead atoms. The van der Waals surface area contributed by atoms with E-state index in [0.29, 0.717) is 5.56 Å². The molecule has 1 aliphatic heterocycles. The molecule has 5 N–H and O–H groups in total. The molecular weight excluding hydrogens is 319 g/mol. The zero-order valence-electron chi connectivity index (χ0n) is 12.1. The van der Waals surface area contributed by atoms with Crippen LogP contribution in [0.25, 0.3) is 0 Å². The van der Waals surface area contributed by atoms with E-state index in [-0.39, 0.29) is 23.6 Å². The summed E-state index contributed by atoms with van der Waals surface area (Å²) in [4.78, 5) is 23.2. The lowest BCUT2D eigenvalue weighted by Gasteiger charge is -2.28. The largest absolute Gasteiger partial charge is 0.547 e. The number of aromatic amines is 1. The number of aromatic carboxylic acids is 1. The second kappa shape index (κ2) is 6.08. The van der Waals surface area contributed by atoms with Gasteiger partial charge in [0, 0.05) is 0 Å². The monoisotopic (exact) mass is 330 g/mol. The van der Waals surface area contributed by atoms with Gasteiger partial charge in [-0.15, -0.1) is 10.2 Å². The Hall–Kier alpha value is -3.28. The molecule has 0 saturated heterocycles. The highest BCUT2D eigenvalue weighted by Crippen LogP contribution is 2.30. The van der Waals surface area contributed by atoms with Gasteiger partial charge in [-0.25, -0.2) is 4.79 Å². The maximum absolute atomic E-state index is 12.0. The number of tetrazole rings is 1. The first-order chi connectivity index (χ1) is 11.5. The number of nitrogens with zero attached hydrogens (tertiary/aromatic N) is 3. The van der Waals surface area contributed by atoms with Crippen molar-refractivity contribution in [1.82, 2.24) is 25.9 Å². The molecule has 1 aromatic carbocycles. The molecular formula is C12H11BN6O5. The average Bonchev–Trinajstić information content (AvgIpc) is 3.08. The minimum atomic E-state index is -1.46. The van der Waals surface area contributed by atoms with E-state index in [1.165, 1.54) is 6.07 Å². The third-order valence-electron chi connectivity index (χ3n) is 3.46. The fourth-order valence-electron chi connectivity index (χ4n) is 2.33. The van der Waals surface area contributed by atoms with E-state index in [2.05, 4.69) is 25.9 Å². The fraction of sp³-hybridized carbons (Fsp3) is 0.167. The summed E-state index contributed by atoms with van der Waals surface area (Å²) < 4.78 is 5.25. The molecule has 0 saturated carbocycles. The van der Waals surface area contributed by atoms with Gasteiger partial charge in [0.15, 0.2) is 5.71 Å². The van der Waals surface area contributed by atoms with Crippen LogP contribution in [0.5, 0.6) is 5.75 Å². The van der Waals surface area contributed by atoms with Crippen LogP contribution in [0, 0.1) is 5.41 Å². The van der Waals surface area contributed by atoms with Gasteiger partial charge in [-0.2, -0.15) is 5.21 Å². The van der Waals surface area contributed by atoms with Crippen molar-refractivity contribution >= 4 is 24.7 Å². The summed E-state index contributed by atoms with van der Waals surface area (Å²) in [6.07, 6.45) is 0.142. The number of aromatic nitrogens is 4. The number of carboxylic acid groups (broad SMARTS) is 1. The number of para-hydroxylation sites is 1. The van der Waals surface area contributed by atoms with E-state index in [0.717, 1.165) is 0 Å². The highest BCUT2D eigenvalue weighted by molar-refractivity contribution is 6.49. The molecule has 0 spiro atoms. The molecule has 0 radical (unpaired) electrons. The van der Waals surface area contributed by atoms with Gasteiger partial charge < -0.3 is 20.1 Å². The SMILES string of the molecule is N=C(C(=O)N[C@H]1Cc2cccc(C(=O)O)c2OB1O)c1nn[nH]n1. The molecule has 1 aliphatic rings. The summed E-state index contributed by atoms with van der Waals surface area (Å²) in [5, 5.41) is 41.7. The van der Waals surface area contributed by atoms with Gasteiger partial charge in [0.1, 0.15) is 5.75 Å². The number of fused-ring (bicyclic) bond motifs is 1. The van der Waals surface area contributed by atoms with Crippen LogP contribution in [0.1, 0.15) is 21.7 Å². The van der Waals surface area contributed by atoms with Crippen LogP contribution in [0.3, 0.4) is 0 Å². The van der Waals surface area contributed by atoms with Gasteiger partial charge in [0.05, 0.1) is 11.5 Å². The molecule has 2 aromatic rings. The molecule has 1 aromatic heterocycles. The Balaban J connectivity index is 1.77. The van der Waals surface area contributed by atoms with Crippen molar-refractivity contribution in [2.24, 2.45) is 0 Å². The van der Waals surface area contributed by atoms with Gasteiger partial charge in [-0.1, -0.05) is 12.1 Å². The summed E-state index contributed by atoms with van der Waals surface area (Å²) in [6, 6.07) is 4.54. The van der Waals surface area contributed by atoms with Gasteiger partial charge >= 0.3 is 13.1 Å². The van der Waals surface area contributed by atoms with Crippen LogP contribution in [-0.2, 0) is 11.2 Å². The first kappa shape index (κ1) is 15.6. The molecule has 12 heteroatoms. The van der Waals surface area contributed by atoms with Gasteiger partial charge in [-0.3, -0.25) is 10.2 Å². The summed E-state index contributed by atoms with van der Waals surface area (Å²) in [5.41, 5.74) is -0.0755. The van der Waals surface area contributed by atoms with E-state index in [1.807, 2.05) is 0 Å². The third kappa shape index (κ3) is 2.81. The summed E-state index contributed by atoms with van der Waals surface area (Å²) in [6.45, 7) is 0. The maximum atomic E-state index is 12.0. The molecule has 1 atom stereocenters. The summed E-state index contributed by atoms with van der Waals surface area (Å²) >= 11 is 0. The lowest BCUT2D eigenvalue weighted by atomic mass is 9.72. The van der Waals surface area contributed by atoms with E-state index in [4.69, 9.17) is 15.2 Å². The minimum absolute atomic E-state index is 0.0660. The molecule has 3 rings (SSSR count). The first-order valence-electron chi connectivity index (χ1n) is 6.80. The van der Waals surface area contributed by atoms with Crippen LogP contribution in [0.15, 0.2) is 18.2 Å². The Morgan fingerprint density at radius 2 is 2.25 bits per heavy atom. The van der Waals surface area contributed by atoms with E-state index < -0.39 is 30.6 Å². The van der Waals surface area contributed by atoms with Gasteiger partial charge in [-0.05, 0) is 23.3 Å². The average molecular weight is 330 g/mol. The van der Waals surface area contributed by atoms with Crippen LogP contribution in [0.2, 0.25) is 0 Å². The summed E-state index contributed by atoms with van der Waals surface area (Å²) in [7, 11) is -1.46. The molecule has 122 valence electrons. The van der Waals surface area contributed by atoms with Gasteiger partial charge in [0.25, 0.3) is 5.91 Å². The van der Waals surface area contributed by atoms with E-state index in [9.17, 15) is 14.6 Å². The van der Waals surface area contributed by atoms with Gasteiger partial charge in [0.2, 0.25) is 5.82 Å². The van der Waals surface area contributed by atoms with Crippen LogP contribution < -0.4 is 9.97 Å². The van der Waals surface area contributed by atoms with Crippen LogP contribution in [0.4, 0.5) is 0 Å². The van der Waals surface area contributed by atoms with E-state index >= 15 is 0 Å². The molecule has 24 heavy (non-hydrogen) atoms. The number of H-pyrrole nitrogens is 1. The topological polar surface area (TPSA) is 174 Å². The maximum Gasteiger partial charge on any atom is 0.547 e. The zero-order chi connectivity index (χ0) is 17.3. The number of carbonyl (C=O) groups excluding carboxylic acids is 1. The molecule has 1 amide bonds. The Bertz CT molecular complexity index is 810. The highest BCUT2D eigenvalue weighted by Gasteiger charge is 2.38. The Morgan fingerprint density at radius 3 is 2.92 bits per heavy atom. The Labute approximate surface area is 134 Å². The number of nitrogens with one attached hydrogen (secondary N) is 3. The molecule has 0 fully saturated rings. The van der Waals surface area contributed by atoms with Crippen molar-refractivity contribution in [1.29, 1.82) is 5.41 Å². The highest BCUT2D eigenvalue weighted by atomic mass is 16.5. The number of hydrogen-bond acceptors (Lipinski definition) is 8. The van der Waals surface area contributed by atoms with Crippen molar-refractivity contribution in [2.75, 3.05) is 0 Å². The smallest absolute Gasteiger partial charge is 0.534 e. The quantitative estimate of drug-likeness (QED) is 0.329. The predicted molar refractivity (Wildman–Crippen MR) is 78.6 cm³/mol. The second-order valence-corrected chi connectivity index (χ2v) is 5.00. The number of amides is 1. The second-order valence-electron chi connectivity index (χ2n) is 5.00. The van der Waals surface area contributed by atoms with Crippen LogP contribution in [-0.4, -0.2) is 61.4 Å². The van der Waals surface area contributed by atoms with Crippen molar-refractivity contribution in [2.45, 2.75) is 12.4 Å². The first-order valence-corrected chi connectivity index (χ1v) is 6.80. The van der Waals surface area contributed by atoms with Crippen LogP contribution >= 0.6 is 0 Å². The number of benzene rings is 1. The predicted octanol–water partition coefficient (Wildman–Crippen LogP) is -1.59. The molecule has 2 heterocycles. The lowest BCUT2D eigenvalue weighted by molar-refractivity contribution is -0.115. The number of carbonyl (C=O) groups is 2.